The molecule has 0 saturated carbocycles. The summed E-state index contributed by atoms with van der Waals surface area (Å²) in [4.78, 5) is 36.7. The number of hydrogen-bond acceptors (Lipinski definition) is 8. The number of rotatable bonds is 4. The maximum Gasteiger partial charge on any atom is 0.259 e. The van der Waals surface area contributed by atoms with Crippen LogP contribution in [0.2, 0.25) is 0 Å². The highest BCUT2D eigenvalue weighted by Crippen LogP contribution is 2.31. The van der Waals surface area contributed by atoms with Gasteiger partial charge in [-0.3, -0.25) is 14.5 Å². The maximum atomic E-state index is 13.6. The first kappa shape index (κ1) is 22.5. The third-order valence-corrected chi connectivity index (χ3v) is 6.55. The third-order valence-electron chi connectivity index (χ3n) is 6.55. The van der Waals surface area contributed by atoms with Crippen LogP contribution in [0.1, 0.15) is 27.6 Å². The summed E-state index contributed by atoms with van der Waals surface area (Å²) in [5.74, 6) is 1.49. The molecule has 0 aromatic carbocycles. The number of fused-ring (bicyclic) bond motifs is 1. The molecule has 2 saturated heterocycles. The predicted octanol–water partition coefficient (Wildman–Crippen LogP) is 2.02. The lowest BCUT2D eigenvalue weighted by Crippen LogP contribution is -2.53. The number of morpholine rings is 1. The van der Waals surface area contributed by atoms with Crippen LogP contribution in [0.15, 0.2) is 21.1 Å². The van der Waals surface area contributed by atoms with E-state index >= 15 is 0 Å². The van der Waals surface area contributed by atoms with Gasteiger partial charge in [-0.05, 0) is 32.9 Å². The molecule has 0 spiro atoms. The van der Waals surface area contributed by atoms with E-state index in [-0.39, 0.29) is 11.8 Å². The van der Waals surface area contributed by atoms with E-state index in [4.69, 9.17) is 13.7 Å². The van der Waals surface area contributed by atoms with Crippen LogP contribution < -0.4 is 0 Å². The molecule has 10 heteroatoms. The van der Waals surface area contributed by atoms with Crippen molar-refractivity contribution in [2.24, 2.45) is 0 Å². The summed E-state index contributed by atoms with van der Waals surface area (Å²) in [6.45, 7) is 10.8. The summed E-state index contributed by atoms with van der Waals surface area (Å²) < 4.78 is 16.4. The second-order valence-corrected chi connectivity index (χ2v) is 8.89. The van der Waals surface area contributed by atoms with Gasteiger partial charge >= 0.3 is 0 Å². The fourth-order valence-corrected chi connectivity index (χ4v) is 4.67. The predicted molar refractivity (Wildman–Crippen MR) is 123 cm³/mol. The van der Waals surface area contributed by atoms with Gasteiger partial charge in [0.15, 0.2) is 0 Å². The van der Waals surface area contributed by atoms with Crippen molar-refractivity contribution in [1.29, 1.82) is 0 Å². The fraction of sp³-hybridized carbons (Fsp3) is 0.500. The van der Waals surface area contributed by atoms with Gasteiger partial charge in [0.1, 0.15) is 11.5 Å². The number of piperazine rings is 1. The van der Waals surface area contributed by atoms with E-state index < -0.39 is 0 Å². The quantitative estimate of drug-likeness (QED) is 0.574. The van der Waals surface area contributed by atoms with Crippen LogP contribution in [-0.4, -0.2) is 95.7 Å². The van der Waals surface area contributed by atoms with Gasteiger partial charge in [0.2, 0.25) is 5.91 Å². The minimum Gasteiger partial charge on any atom is -0.466 e. The number of nitrogens with zero attached hydrogens (tertiary/aromatic N) is 5. The molecule has 0 aliphatic carbocycles. The highest BCUT2D eigenvalue weighted by Gasteiger charge is 2.29. The molecule has 2 aliphatic rings. The van der Waals surface area contributed by atoms with Gasteiger partial charge in [0.25, 0.3) is 11.6 Å². The molecular formula is C24H29N5O5. The zero-order chi connectivity index (χ0) is 23.8. The standard InChI is InChI=1S/C24H29N5O5/c1-15-12-18(17(3)33-15)20-13-19(22-16(2)26-34-23(22)25-20)24(31)29-6-4-28(5-7-29)21(30)14-27-8-10-32-11-9-27/h12-13H,4-11,14H2,1-3H3. The molecule has 0 atom stereocenters. The van der Waals surface area contributed by atoms with Gasteiger partial charge in [-0.25, -0.2) is 4.98 Å². The Labute approximate surface area is 197 Å². The molecule has 3 aromatic rings. The van der Waals surface area contributed by atoms with E-state index in [1.54, 1.807) is 17.9 Å². The van der Waals surface area contributed by atoms with Crippen molar-refractivity contribution in [2.75, 3.05) is 59.0 Å². The van der Waals surface area contributed by atoms with Gasteiger partial charge in [-0.15, -0.1) is 0 Å². The van der Waals surface area contributed by atoms with Crippen molar-refractivity contribution >= 4 is 22.9 Å². The van der Waals surface area contributed by atoms with Crippen LogP contribution >= 0.6 is 0 Å². The Morgan fingerprint density at radius 2 is 1.68 bits per heavy atom. The molecule has 5 heterocycles. The van der Waals surface area contributed by atoms with Gasteiger partial charge < -0.3 is 23.5 Å². The van der Waals surface area contributed by atoms with Crippen molar-refractivity contribution < 1.29 is 23.3 Å². The molecule has 2 amide bonds. The first-order valence-corrected chi connectivity index (χ1v) is 11.6. The average molecular weight is 468 g/mol. The van der Waals surface area contributed by atoms with Crippen molar-refractivity contribution in [3.8, 4) is 11.3 Å². The van der Waals surface area contributed by atoms with Crippen LogP contribution in [0, 0.1) is 20.8 Å². The molecule has 0 N–H and O–H groups in total. The Hall–Kier alpha value is -3.24. The third kappa shape index (κ3) is 4.30. The first-order chi connectivity index (χ1) is 16.4. The molecular weight excluding hydrogens is 438 g/mol. The summed E-state index contributed by atoms with van der Waals surface area (Å²) in [6.07, 6.45) is 0. The van der Waals surface area contributed by atoms with Crippen LogP contribution in [0.4, 0.5) is 0 Å². The molecule has 0 unspecified atom stereocenters. The molecule has 2 aliphatic heterocycles. The maximum absolute atomic E-state index is 13.6. The topological polar surface area (TPSA) is 105 Å². The second-order valence-electron chi connectivity index (χ2n) is 8.89. The van der Waals surface area contributed by atoms with E-state index in [0.717, 1.165) is 30.2 Å². The van der Waals surface area contributed by atoms with E-state index in [1.165, 1.54) is 0 Å². The lowest BCUT2D eigenvalue weighted by Gasteiger charge is -2.36. The van der Waals surface area contributed by atoms with Crippen LogP contribution in [0.5, 0.6) is 0 Å². The number of aryl methyl sites for hydroxylation is 3. The van der Waals surface area contributed by atoms with Gasteiger partial charge in [0.05, 0.1) is 42.1 Å². The number of furan rings is 1. The Balaban J connectivity index is 1.34. The number of pyridine rings is 1. The van der Waals surface area contributed by atoms with Crippen molar-refractivity contribution in [1.82, 2.24) is 24.8 Å². The van der Waals surface area contributed by atoms with Crippen LogP contribution in [-0.2, 0) is 9.53 Å². The molecule has 2 fully saturated rings. The second kappa shape index (κ2) is 9.19. The Kier molecular flexibility index (Phi) is 6.09. The van der Waals surface area contributed by atoms with E-state index in [0.29, 0.717) is 74.0 Å². The highest BCUT2D eigenvalue weighted by atomic mass is 16.5. The largest absolute Gasteiger partial charge is 0.466 e. The van der Waals surface area contributed by atoms with Gasteiger partial charge in [-0.1, -0.05) is 5.16 Å². The van der Waals surface area contributed by atoms with Crippen molar-refractivity contribution in [3.63, 3.8) is 0 Å². The number of hydrogen-bond donors (Lipinski definition) is 0. The van der Waals surface area contributed by atoms with Crippen molar-refractivity contribution in [3.05, 3.63) is 34.9 Å². The van der Waals surface area contributed by atoms with E-state index in [9.17, 15) is 9.59 Å². The zero-order valence-electron chi connectivity index (χ0n) is 19.8. The Morgan fingerprint density at radius 1 is 0.971 bits per heavy atom. The zero-order valence-corrected chi connectivity index (χ0v) is 19.8. The molecule has 3 aromatic heterocycles. The summed E-state index contributed by atoms with van der Waals surface area (Å²) in [5, 5.41) is 4.66. The molecule has 5 rings (SSSR count). The number of carbonyl (C=O) groups is 2. The lowest BCUT2D eigenvalue weighted by atomic mass is 10.0. The molecule has 34 heavy (non-hydrogen) atoms. The summed E-state index contributed by atoms with van der Waals surface area (Å²) in [7, 11) is 0. The molecule has 0 radical (unpaired) electrons. The van der Waals surface area contributed by atoms with Crippen molar-refractivity contribution in [2.45, 2.75) is 20.8 Å². The van der Waals surface area contributed by atoms with Crippen LogP contribution in [0.25, 0.3) is 22.4 Å². The number of amides is 2. The lowest BCUT2D eigenvalue weighted by molar-refractivity contribution is -0.134. The smallest absolute Gasteiger partial charge is 0.259 e. The first-order valence-electron chi connectivity index (χ1n) is 11.6. The number of carbonyl (C=O) groups excluding carboxylic acids is 2. The fourth-order valence-electron chi connectivity index (χ4n) is 4.67. The Morgan fingerprint density at radius 3 is 2.35 bits per heavy atom. The summed E-state index contributed by atoms with van der Waals surface area (Å²) in [5.41, 5.74) is 2.89. The average Bonchev–Trinajstić information content (AvgIpc) is 3.39. The highest BCUT2D eigenvalue weighted by molar-refractivity contribution is 6.07. The Bertz CT molecular complexity index is 1220. The molecule has 180 valence electrons. The number of aromatic nitrogens is 2. The SMILES string of the molecule is Cc1cc(-c2cc(C(=O)N3CCN(C(=O)CN4CCOCC4)CC3)c3c(C)noc3n2)c(C)o1. The normalized spacial score (nSPS) is 17.5. The minimum atomic E-state index is -0.113. The monoisotopic (exact) mass is 467 g/mol. The number of ether oxygens (including phenoxy) is 1. The molecule has 0 bridgehead atoms. The summed E-state index contributed by atoms with van der Waals surface area (Å²) >= 11 is 0. The van der Waals surface area contributed by atoms with E-state index in [2.05, 4.69) is 15.0 Å². The van der Waals surface area contributed by atoms with Gasteiger partial charge in [-0.2, -0.15) is 0 Å². The van der Waals surface area contributed by atoms with Crippen LogP contribution in [0.3, 0.4) is 0 Å². The van der Waals surface area contributed by atoms with E-state index in [1.807, 2.05) is 24.8 Å². The molecule has 10 nitrogen and oxygen atoms in total. The summed E-state index contributed by atoms with van der Waals surface area (Å²) in [6, 6.07) is 3.70. The van der Waals surface area contributed by atoms with Gasteiger partial charge in [0, 0.05) is 44.8 Å². The minimum absolute atomic E-state index is 0.100.